The van der Waals surface area contributed by atoms with Gasteiger partial charge < -0.3 is 9.84 Å². The predicted octanol–water partition coefficient (Wildman–Crippen LogP) is 1.89. The van der Waals surface area contributed by atoms with Crippen molar-refractivity contribution in [3.05, 3.63) is 46.5 Å². The maximum absolute atomic E-state index is 13.3. The summed E-state index contributed by atoms with van der Waals surface area (Å²) in [4.78, 5) is 19.8. The summed E-state index contributed by atoms with van der Waals surface area (Å²) in [7, 11) is 0. The van der Waals surface area contributed by atoms with E-state index in [9.17, 15) is 23.7 Å². The zero-order chi connectivity index (χ0) is 13.9. The number of carboxylic acid groups (broad SMARTS) is 1. The maximum Gasteiger partial charge on any atom is 0.349 e. The van der Waals surface area contributed by atoms with Crippen LogP contribution in [0.3, 0.4) is 0 Å². The monoisotopic (exact) mass is 259 g/mol. The first-order chi connectivity index (χ1) is 8.36. The number of hydrogen-bond acceptors (Lipinski definition) is 4. The number of hydrogen-bond donors (Lipinski definition) is 1. The van der Waals surface area contributed by atoms with Gasteiger partial charge in [-0.05, 0) is 6.08 Å². The van der Waals surface area contributed by atoms with Crippen LogP contribution in [-0.2, 0) is 4.79 Å². The van der Waals surface area contributed by atoms with Crippen LogP contribution in [0.5, 0.6) is 5.75 Å². The molecule has 0 fully saturated rings. The Morgan fingerprint density at radius 2 is 2.11 bits per heavy atom. The molecule has 6 nitrogen and oxygen atoms in total. The lowest BCUT2D eigenvalue weighted by molar-refractivity contribution is -0.387. The van der Waals surface area contributed by atoms with E-state index in [1.165, 1.54) is 0 Å². The minimum absolute atomic E-state index is 0.312. The summed E-state index contributed by atoms with van der Waals surface area (Å²) in [6.45, 7) is 3.15. The number of ether oxygens (including phenoxy) is 1. The molecule has 1 N–H and O–H groups in total. The molecule has 8 heteroatoms. The van der Waals surface area contributed by atoms with Gasteiger partial charge in [0.05, 0.1) is 11.0 Å². The van der Waals surface area contributed by atoms with E-state index >= 15 is 0 Å². The summed E-state index contributed by atoms with van der Waals surface area (Å²) in [5.74, 6) is -4.77. The summed E-state index contributed by atoms with van der Waals surface area (Å²) >= 11 is 0. The van der Waals surface area contributed by atoms with Crippen LogP contribution in [0.2, 0.25) is 0 Å². The fourth-order valence-corrected chi connectivity index (χ4v) is 1.08. The molecule has 0 saturated carbocycles. The van der Waals surface area contributed by atoms with Crippen molar-refractivity contribution in [1.29, 1.82) is 0 Å². The molecule has 1 aromatic rings. The van der Waals surface area contributed by atoms with Crippen molar-refractivity contribution >= 4 is 11.7 Å². The highest BCUT2D eigenvalue weighted by Gasteiger charge is 2.22. The molecule has 0 heterocycles. The SMILES string of the molecule is C=CC(Oc1cc(F)c([N+](=O)[O-])cc1F)C(=O)O. The largest absolute Gasteiger partial charge is 0.478 e. The second kappa shape index (κ2) is 5.21. The second-order valence-electron chi connectivity index (χ2n) is 3.10. The highest BCUT2D eigenvalue weighted by Crippen LogP contribution is 2.27. The normalized spacial score (nSPS) is 11.7. The van der Waals surface area contributed by atoms with Crippen LogP contribution in [-0.4, -0.2) is 22.1 Å². The lowest BCUT2D eigenvalue weighted by atomic mass is 10.2. The molecule has 0 radical (unpaired) electrons. The van der Waals surface area contributed by atoms with Crippen LogP contribution >= 0.6 is 0 Å². The Labute approximate surface area is 99.3 Å². The van der Waals surface area contributed by atoms with Gasteiger partial charge in [0, 0.05) is 6.07 Å². The Hall–Kier alpha value is -2.51. The van der Waals surface area contributed by atoms with E-state index < -0.39 is 40.1 Å². The summed E-state index contributed by atoms with van der Waals surface area (Å²) in [6.07, 6.45) is -0.721. The van der Waals surface area contributed by atoms with E-state index in [-0.39, 0.29) is 0 Å². The quantitative estimate of drug-likeness (QED) is 0.495. The lowest BCUT2D eigenvalue weighted by Crippen LogP contribution is -2.24. The Kier molecular flexibility index (Phi) is 3.93. The smallest absolute Gasteiger partial charge is 0.349 e. The average Bonchev–Trinajstić information content (AvgIpc) is 2.28. The summed E-state index contributed by atoms with van der Waals surface area (Å²) in [5, 5.41) is 18.9. The molecule has 0 aliphatic rings. The Balaban J connectivity index is 3.12. The van der Waals surface area contributed by atoms with E-state index in [0.29, 0.717) is 12.1 Å². The lowest BCUT2D eigenvalue weighted by Gasteiger charge is -2.11. The van der Waals surface area contributed by atoms with Crippen molar-refractivity contribution in [3.8, 4) is 5.75 Å². The molecule has 1 rings (SSSR count). The van der Waals surface area contributed by atoms with Gasteiger partial charge in [-0.2, -0.15) is 4.39 Å². The zero-order valence-corrected chi connectivity index (χ0v) is 8.80. The van der Waals surface area contributed by atoms with E-state index in [2.05, 4.69) is 11.3 Å². The van der Waals surface area contributed by atoms with Gasteiger partial charge in [0.2, 0.25) is 11.9 Å². The first-order valence-electron chi connectivity index (χ1n) is 4.52. The number of rotatable bonds is 5. The molecule has 0 amide bonds. The van der Waals surface area contributed by atoms with Crippen LogP contribution < -0.4 is 4.74 Å². The van der Waals surface area contributed by atoms with Crippen molar-refractivity contribution in [2.45, 2.75) is 6.10 Å². The summed E-state index contributed by atoms with van der Waals surface area (Å²) < 4.78 is 31.1. The standard InChI is InChI=1S/C10H7F2NO5/c1-2-8(10(14)15)18-9-4-5(11)7(13(16)17)3-6(9)12/h2-4,8H,1H2,(H,14,15). The molecule has 0 aliphatic heterocycles. The van der Waals surface area contributed by atoms with E-state index in [1.54, 1.807) is 0 Å². The van der Waals surface area contributed by atoms with Crippen LogP contribution in [0.4, 0.5) is 14.5 Å². The van der Waals surface area contributed by atoms with Gasteiger partial charge in [-0.15, -0.1) is 0 Å². The van der Waals surface area contributed by atoms with Gasteiger partial charge in [0.1, 0.15) is 0 Å². The van der Waals surface area contributed by atoms with Crippen molar-refractivity contribution in [3.63, 3.8) is 0 Å². The molecule has 0 saturated heterocycles. The van der Waals surface area contributed by atoms with Gasteiger partial charge in [0.25, 0.3) is 0 Å². The van der Waals surface area contributed by atoms with Gasteiger partial charge in [-0.1, -0.05) is 6.58 Å². The topological polar surface area (TPSA) is 89.7 Å². The Bertz CT molecular complexity index is 517. The molecule has 0 aliphatic carbocycles. The molecule has 0 aromatic heterocycles. The van der Waals surface area contributed by atoms with Gasteiger partial charge in [0.15, 0.2) is 11.6 Å². The summed E-state index contributed by atoms with van der Waals surface area (Å²) in [5.41, 5.74) is -1.06. The molecular weight excluding hydrogens is 252 g/mol. The molecule has 1 aromatic carbocycles. The Morgan fingerprint density at radius 1 is 1.50 bits per heavy atom. The highest BCUT2D eigenvalue weighted by atomic mass is 19.1. The van der Waals surface area contributed by atoms with Crippen molar-refractivity contribution < 1.29 is 28.3 Å². The number of benzene rings is 1. The Morgan fingerprint density at radius 3 is 2.56 bits per heavy atom. The van der Waals surface area contributed by atoms with E-state index in [1.807, 2.05) is 0 Å². The van der Waals surface area contributed by atoms with Crippen molar-refractivity contribution in [2.24, 2.45) is 0 Å². The fourth-order valence-electron chi connectivity index (χ4n) is 1.08. The first-order valence-corrected chi connectivity index (χ1v) is 4.52. The number of aliphatic carboxylic acids is 1. The van der Waals surface area contributed by atoms with E-state index in [4.69, 9.17) is 5.11 Å². The number of halogens is 2. The number of nitro groups is 1. The summed E-state index contributed by atoms with van der Waals surface area (Å²) in [6, 6.07) is 0.722. The minimum Gasteiger partial charge on any atom is -0.478 e. The third kappa shape index (κ3) is 2.78. The van der Waals surface area contributed by atoms with Gasteiger partial charge in [-0.3, -0.25) is 10.1 Å². The first kappa shape index (κ1) is 13.6. The fraction of sp³-hybridized carbons (Fsp3) is 0.100. The van der Waals surface area contributed by atoms with Crippen LogP contribution in [0.15, 0.2) is 24.8 Å². The number of nitrogens with zero attached hydrogens (tertiary/aromatic N) is 1. The molecule has 0 bridgehead atoms. The van der Waals surface area contributed by atoms with Gasteiger partial charge >= 0.3 is 11.7 Å². The van der Waals surface area contributed by atoms with Crippen LogP contribution in [0.25, 0.3) is 0 Å². The molecule has 1 atom stereocenters. The predicted molar refractivity (Wildman–Crippen MR) is 55.3 cm³/mol. The molecular formula is C10H7F2NO5. The average molecular weight is 259 g/mol. The third-order valence-corrected chi connectivity index (χ3v) is 1.91. The van der Waals surface area contributed by atoms with Crippen LogP contribution in [0.1, 0.15) is 0 Å². The maximum atomic E-state index is 13.3. The molecule has 0 spiro atoms. The molecule has 1 unspecified atom stereocenters. The van der Waals surface area contributed by atoms with Crippen LogP contribution in [0, 0.1) is 21.7 Å². The van der Waals surface area contributed by atoms with Crippen molar-refractivity contribution in [1.82, 2.24) is 0 Å². The second-order valence-corrected chi connectivity index (χ2v) is 3.10. The molecule has 18 heavy (non-hydrogen) atoms. The molecule has 96 valence electrons. The number of carbonyl (C=O) groups is 1. The number of carboxylic acids is 1. The number of nitro benzene ring substituents is 1. The van der Waals surface area contributed by atoms with Crippen molar-refractivity contribution in [2.75, 3.05) is 0 Å². The highest BCUT2D eigenvalue weighted by molar-refractivity contribution is 5.75. The zero-order valence-electron chi connectivity index (χ0n) is 8.80. The van der Waals surface area contributed by atoms with E-state index in [0.717, 1.165) is 6.08 Å². The third-order valence-electron chi connectivity index (χ3n) is 1.91. The minimum atomic E-state index is -1.58. The van der Waals surface area contributed by atoms with Gasteiger partial charge in [-0.25, -0.2) is 9.18 Å².